The predicted octanol–water partition coefficient (Wildman–Crippen LogP) is 1.54. The molecule has 0 aliphatic carbocycles. The molecule has 0 amide bonds. The first-order valence-electron chi connectivity index (χ1n) is 3.81. The van der Waals surface area contributed by atoms with Crippen molar-refractivity contribution in [3.63, 3.8) is 0 Å². The first-order valence-corrected chi connectivity index (χ1v) is 3.81. The fourth-order valence-corrected chi connectivity index (χ4v) is 0.450. The maximum atomic E-state index is 10.9. The molecule has 0 radical (unpaired) electrons. The number of ether oxygens (including phenoxy) is 1. The summed E-state index contributed by atoms with van der Waals surface area (Å²) >= 11 is 0. The molecule has 4 nitrogen and oxygen atoms in total. The fraction of sp³-hybridized carbons (Fsp3) is 0.625. The van der Waals surface area contributed by atoms with Crippen LogP contribution < -0.4 is 0 Å². The Morgan fingerprint density at radius 3 is 2.46 bits per heavy atom. The maximum absolute atomic E-state index is 10.9. The van der Waals surface area contributed by atoms with Crippen molar-refractivity contribution in [1.82, 2.24) is 0 Å². The van der Waals surface area contributed by atoms with Crippen LogP contribution in [0.5, 0.6) is 0 Å². The van der Waals surface area contributed by atoms with Gasteiger partial charge in [-0.15, -0.1) is 12.4 Å². The van der Waals surface area contributed by atoms with Gasteiger partial charge in [0.1, 0.15) is 6.61 Å². The molecule has 0 saturated heterocycles. The van der Waals surface area contributed by atoms with Crippen molar-refractivity contribution in [2.75, 3.05) is 13.2 Å². The number of halogens is 1. The predicted molar refractivity (Wildman–Crippen MR) is 52.1 cm³/mol. The van der Waals surface area contributed by atoms with Gasteiger partial charge in [-0.2, -0.15) is 0 Å². The molecule has 0 unspecified atom stereocenters. The molecule has 0 spiro atoms. The van der Waals surface area contributed by atoms with E-state index in [0.717, 1.165) is 0 Å². The van der Waals surface area contributed by atoms with Crippen LogP contribution in [-0.2, 0) is 14.4 Å². The largest absolute Gasteiger partial charge is 0.462 e. The molecule has 76 valence electrons. The highest BCUT2D eigenvalue weighted by molar-refractivity contribution is 5.96. The molecular weight excluding hydrogens is 194 g/mol. The Labute approximate surface area is 84.0 Å². The van der Waals surface area contributed by atoms with Crippen molar-refractivity contribution in [3.05, 3.63) is 5.57 Å². The first-order chi connectivity index (χ1) is 5.72. The zero-order chi connectivity index (χ0) is 9.40. The average molecular weight is 208 g/mol. The lowest BCUT2D eigenvalue weighted by Crippen LogP contribution is -2.05. The minimum Gasteiger partial charge on any atom is -0.462 e. The number of hydrogen-bond donors (Lipinski definition) is 0. The van der Waals surface area contributed by atoms with Crippen LogP contribution in [0.1, 0.15) is 20.8 Å². The van der Waals surface area contributed by atoms with Gasteiger partial charge in [-0.3, -0.25) is 0 Å². The zero-order valence-electron chi connectivity index (χ0n) is 7.99. The number of carbonyl (C=O) groups excluding carboxylic acids is 1. The molecule has 5 heteroatoms. The summed E-state index contributed by atoms with van der Waals surface area (Å²) in [7, 11) is 0. The summed E-state index contributed by atoms with van der Waals surface area (Å²) in [5, 5.41) is 3.41. The van der Waals surface area contributed by atoms with Crippen molar-refractivity contribution < 1.29 is 14.4 Å². The Bertz CT molecular complexity index is 209. The van der Waals surface area contributed by atoms with Gasteiger partial charge < -0.3 is 9.57 Å². The highest BCUT2D eigenvalue weighted by Crippen LogP contribution is 1.90. The Balaban J connectivity index is 0. The van der Waals surface area contributed by atoms with E-state index >= 15 is 0 Å². The molecule has 0 bridgehead atoms. The molecule has 0 aromatic heterocycles. The third-order valence-corrected chi connectivity index (χ3v) is 0.989. The van der Waals surface area contributed by atoms with E-state index in [1.165, 1.54) is 0 Å². The molecule has 0 aliphatic rings. The van der Waals surface area contributed by atoms with Gasteiger partial charge in [0.25, 0.3) is 0 Å². The van der Waals surface area contributed by atoms with Crippen LogP contribution in [0.4, 0.5) is 0 Å². The molecule has 0 rings (SSSR count). The van der Waals surface area contributed by atoms with Gasteiger partial charge in [0.05, 0.1) is 12.2 Å². The first kappa shape index (κ1) is 14.5. The normalized spacial score (nSPS) is 7.62. The zero-order valence-corrected chi connectivity index (χ0v) is 8.81. The summed E-state index contributed by atoms with van der Waals surface area (Å²) in [5.41, 5.74) is 0.310. The van der Waals surface area contributed by atoms with Crippen LogP contribution in [0.15, 0.2) is 10.7 Å². The monoisotopic (exact) mass is 207 g/mol. The van der Waals surface area contributed by atoms with E-state index in [4.69, 9.17) is 0 Å². The van der Waals surface area contributed by atoms with Gasteiger partial charge in [0.15, 0.2) is 0 Å². The van der Waals surface area contributed by atoms with Crippen molar-refractivity contribution >= 4 is 24.2 Å². The van der Waals surface area contributed by atoms with Crippen molar-refractivity contribution in [2.45, 2.75) is 20.8 Å². The van der Waals surface area contributed by atoms with Crippen LogP contribution in [0.3, 0.4) is 0 Å². The van der Waals surface area contributed by atoms with Crippen LogP contribution in [0, 0.1) is 0 Å². The minimum atomic E-state index is -0.416. The molecule has 0 atom stereocenters. The quantitative estimate of drug-likeness (QED) is 0.304. The van der Waals surface area contributed by atoms with Gasteiger partial charge in [0.2, 0.25) is 0 Å². The second-order valence-corrected chi connectivity index (χ2v) is 1.97. The number of nitrogens with zero attached hydrogens (tertiary/aromatic N) is 1. The van der Waals surface area contributed by atoms with Gasteiger partial charge in [-0.1, -0.05) is 0 Å². The lowest BCUT2D eigenvalue weighted by molar-refractivity contribution is -0.138. The average Bonchev–Trinajstić information content (AvgIpc) is 2.05. The lowest BCUT2D eigenvalue weighted by atomic mass is 10.3. The summed E-state index contributed by atoms with van der Waals surface area (Å²) in [6.07, 6.45) is 0. The van der Waals surface area contributed by atoms with E-state index in [9.17, 15) is 4.79 Å². The highest BCUT2D eigenvalue weighted by atomic mass is 35.5. The Kier molecular flexibility index (Phi) is 10.2. The topological polar surface area (TPSA) is 47.9 Å². The summed E-state index contributed by atoms with van der Waals surface area (Å²) < 4.78 is 4.68. The lowest BCUT2D eigenvalue weighted by Gasteiger charge is -1.96. The number of rotatable bonds is 4. The standard InChI is InChI=1S/C8H13NO3.ClH/c1-4-11-8(10)7(3)6-9-12-5-2;/h4-5H2,1-3H3;1H. The van der Waals surface area contributed by atoms with Crippen molar-refractivity contribution in [3.8, 4) is 0 Å². The molecule has 0 fully saturated rings. The van der Waals surface area contributed by atoms with Crippen LogP contribution in [0.2, 0.25) is 0 Å². The summed E-state index contributed by atoms with van der Waals surface area (Å²) in [4.78, 5) is 15.5. The van der Waals surface area contributed by atoms with Crippen LogP contribution in [0.25, 0.3) is 0 Å². The molecular formula is C8H14ClNO3. The Hall–Kier alpha value is -0.990. The Morgan fingerprint density at radius 1 is 1.38 bits per heavy atom. The minimum absolute atomic E-state index is 0. The molecule has 0 aromatic rings. The molecule has 0 heterocycles. The van der Waals surface area contributed by atoms with E-state index < -0.39 is 5.97 Å². The fourth-order valence-electron chi connectivity index (χ4n) is 0.450. The molecule has 0 N–H and O–H groups in total. The van der Waals surface area contributed by atoms with Crippen molar-refractivity contribution in [2.24, 2.45) is 5.16 Å². The van der Waals surface area contributed by atoms with E-state index in [1.54, 1.807) is 20.8 Å². The third-order valence-electron chi connectivity index (χ3n) is 0.989. The van der Waals surface area contributed by atoms with Gasteiger partial charge in [0, 0.05) is 5.87 Å². The Morgan fingerprint density at radius 2 is 2.00 bits per heavy atom. The second kappa shape index (κ2) is 9.10. The summed E-state index contributed by atoms with van der Waals surface area (Å²) in [6, 6.07) is 0. The number of hydrogen-bond acceptors (Lipinski definition) is 4. The van der Waals surface area contributed by atoms with Crippen LogP contribution >= 0.6 is 12.4 Å². The number of esters is 1. The van der Waals surface area contributed by atoms with Gasteiger partial charge >= 0.3 is 5.97 Å². The summed E-state index contributed by atoms with van der Waals surface area (Å²) in [5.74, 6) is 2.00. The van der Waals surface area contributed by atoms with E-state index in [0.29, 0.717) is 18.8 Å². The van der Waals surface area contributed by atoms with Crippen molar-refractivity contribution in [1.29, 1.82) is 0 Å². The third kappa shape index (κ3) is 7.37. The van der Waals surface area contributed by atoms with E-state index in [2.05, 4.69) is 20.6 Å². The molecule has 0 aliphatic heterocycles. The van der Waals surface area contributed by atoms with Gasteiger partial charge in [-0.25, -0.2) is 4.79 Å². The second-order valence-electron chi connectivity index (χ2n) is 1.97. The molecule has 0 saturated carbocycles. The smallest absolute Gasteiger partial charge is 0.343 e. The van der Waals surface area contributed by atoms with E-state index in [-0.39, 0.29) is 12.4 Å². The highest BCUT2D eigenvalue weighted by Gasteiger charge is 2.02. The molecule has 0 aromatic carbocycles. The van der Waals surface area contributed by atoms with E-state index in [1.807, 2.05) is 0 Å². The number of carbonyl (C=O) groups is 1. The van der Waals surface area contributed by atoms with Gasteiger partial charge in [-0.05, 0) is 25.9 Å². The SMILES string of the molecule is CCON=C=C(C)C(=O)OCC.Cl. The molecule has 13 heavy (non-hydrogen) atoms. The maximum Gasteiger partial charge on any atom is 0.343 e. The summed E-state index contributed by atoms with van der Waals surface area (Å²) in [6.45, 7) is 5.92. The van der Waals surface area contributed by atoms with Crippen LogP contribution in [-0.4, -0.2) is 25.1 Å².